The maximum atomic E-state index is 12.5. The van der Waals surface area contributed by atoms with Gasteiger partial charge in [0.1, 0.15) is 4.90 Å². The summed E-state index contributed by atoms with van der Waals surface area (Å²) in [6.07, 6.45) is 2.07. The van der Waals surface area contributed by atoms with Gasteiger partial charge in [0.05, 0.1) is 24.6 Å². The number of methoxy groups -OCH3 is 2. The molecule has 21 heavy (non-hydrogen) atoms. The van der Waals surface area contributed by atoms with Crippen LogP contribution in [0.3, 0.4) is 0 Å². The summed E-state index contributed by atoms with van der Waals surface area (Å²) in [5.74, 6) is 0.405. The van der Waals surface area contributed by atoms with E-state index in [-0.39, 0.29) is 30.2 Å². The van der Waals surface area contributed by atoms with Gasteiger partial charge in [0.2, 0.25) is 16.0 Å². The molecule has 1 saturated heterocycles. The van der Waals surface area contributed by atoms with Gasteiger partial charge in [-0.3, -0.25) is 0 Å². The van der Waals surface area contributed by atoms with Crippen LogP contribution in [-0.4, -0.2) is 68.8 Å². The number of nitrogens with one attached hydrogen (secondary N) is 1. The topological polar surface area (TPSA) is 93.7 Å². The molecule has 1 aliphatic heterocycles. The molecular formula is C12H20N4O4S. The number of anilines is 1. The van der Waals surface area contributed by atoms with Crippen LogP contribution in [0.5, 0.6) is 0 Å². The van der Waals surface area contributed by atoms with Gasteiger partial charge in [-0.1, -0.05) is 0 Å². The molecule has 0 amide bonds. The highest BCUT2D eigenvalue weighted by Gasteiger charge is 2.40. The fourth-order valence-electron chi connectivity index (χ4n) is 2.21. The normalized spacial score (nSPS) is 23.4. The van der Waals surface area contributed by atoms with Gasteiger partial charge < -0.3 is 14.8 Å². The lowest BCUT2D eigenvalue weighted by Crippen LogP contribution is -2.30. The molecule has 2 heterocycles. The van der Waals surface area contributed by atoms with Crippen LogP contribution in [0.1, 0.15) is 6.92 Å². The van der Waals surface area contributed by atoms with E-state index in [9.17, 15) is 8.42 Å². The van der Waals surface area contributed by atoms with Gasteiger partial charge in [0.15, 0.2) is 0 Å². The SMILES string of the molecule is CCNc1ncc(S(=O)(=O)N2CC(OC)C(OC)C2)cn1. The first kappa shape index (κ1) is 16.1. The van der Waals surface area contributed by atoms with Crippen molar-refractivity contribution >= 4 is 16.0 Å². The Morgan fingerprint density at radius 2 is 1.76 bits per heavy atom. The second kappa shape index (κ2) is 6.65. The summed E-state index contributed by atoms with van der Waals surface area (Å²) in [6.45, 7) is 3.09. The van der Waals surface area contributed by atoms with E-state index in [1.165, 1.54) is 16.7 Å². The van der Waals surface area contributed by atoms with E-state index in [4.69, 9.17) is 9.47 Å². The predicted molar refractivity (Wildman–Crippen MR) is 76.5 cm³/mol. The van der Waals surface area contributed by atoms with E-state index in [1.807, 2.05) is 6.92 Å². The molecule has 0 bridgehead atoms. The third-order valence-electron chi connectivity index (χ3n) is 3.39. The number of sulfonamides is 1. The third kappa shape index (κ3) is 3.31. The zero-order valence-electron chi connectivity index (χ0n) is 12.3. The van der Waals surface area contributed by atoms with Crippen molar-refractivity contribution in [2.24, 2.45) is 0 Å². The molecule has 2 unspecified atom stereocenters. The van der Waals surface area contributed by atoms with Crippen LogP contribution in [0.2, 0.25) is 0 Å². The molecule has 2 atom stereocenters. The third-order valence-corrected chi connectivity index (χ3v) is 5.17. The first-order valence-corrected chi connectivity index (χ1v) is 8.08. The highest BCUT2D eigenvalue weighted by Crippen LogP contribution is 2.23. The Kier molecular flexibility index (Phi) is 5.09. The molecule has 8 nitrogen and oxygen atoms in total. The molecule has 118 valence electrons. The summed E-state index contributed by atoms with van der Waals surface area (Å²) in [5.41, 5.74) is 0. The van der Waals surface area contributed by atoms with Crippen LogP contribution in [0.25, 0.3) is 0 Å². The lowest BCUT2D eigenvalue weighted by molar-refractivity contribution is -0.00461. The fraction of sp³-hybridized carbons (Fsp3) is 0.667. The van der Waals surface area contributed by atoms with Crippen LogP contribution < -0.4 is 5.32 Å². The summed E-state index contributed by atoms with van der Waals surface area (Å²) >= 11 is 0. The van der Waals surface area contributed by atoms with Crippen LogP contribution in [0.15, 0.2) is 17.3 Å². The summed E-state index contributed by atoms with van der Waals surface area (Å²) in [5, 5.41) is 2.92. The van der Waals surface area contributed by atoms with Gasteiger partial charge in [-0.2, -0.15) is 4.31 Å². The van der Waals surface area contributed by atoms with Gasteiger partial charge in [0.25, 0.3) is 0 Å². The van der Waals surface area contributed by atoms with E-state index in [1.54, 1.807) is 14.2 Å². The Balaban J connectivity index is 2.18. The zero-order valence-corrected chi connectivity index (χ0v) is 13.1. The van der Waals surface area contributed by atoms with Crippen LogP contribution in [0.4, 0.5) is 5.95 Å². The van der Waals surface area contributed by atoms with E-state index >= 15 is 0 Å². The Bertz CT molecular complexity index is 551. The fourth-order valence-corrected chi connectivity index (χ4v) is 3.56. The van der Waals surface area contributed by atoms with E-state index in [2.05, 4.69) is 15.3 Å². The summed E-state index contributed by atoms with van der Waals surface area (Å²) < 4.78 is 36.9. The molecule has 0 aliphatic carbocycles. The Hall–Kier alpha value is -1.29. The highest BCUT2D eigenvalue weighted by molar-refractivity contribution is 7.89. The Labute approximate surface area is 124 Å². The standard InChI is InChI=1S/C12H20N4O4S/c1-4-13-12-14-5-9(6-15-12)21(17,18)16-7-10(19-2)11(8-16)20-3/h5-6,10-11H,4,7-8H2,1-3H3,(H,13,14,15). The minimum Gasteiger partial charge on any atom is -0.377 e. The van der Waals surface area contributed by atoms with Crippen molar-refractivity contribution in [2.75, 3.05) is 39.2 Å². The minimum absolute atomic E-state index is 0.0655. The lowest BCUT2D eigenvalue weighted by atomic mass is 10.3. The van der Waals surface area contributed by atoms with Gasteiger partial charge >= 0.3 is 0 Å². The van der Waals surface area contributed by atoms with Gasteiger partial charge in [0, 0.05) is 33.9 Å². The number of hydrogen-bond acceptors (Lipinski definition) is 7. The molecule has 1 aromatic rings. The molecule has 0 saturated carbocycles. The molecule has 0 spiro atoms. The van der Waals surface area contributed by atoms with Crippen molar-refractivity contribution in [1.82, 2.24) is 14.3 Å². The van der Waals surface area contributed by atoms with Crippen molar-refractivity contribution in [3.05, 3.63) is 12.4 Å². The number of aromatic nitrogens is 2. The molecule has 9 heteroatoms. The summed E-state index contributed by atoms with van der Waals surface area (Å²) in [7, 11) is -0.550. The van der Waals surface area contributed by atoms with E-state index < -0.39 is 10.0 Å². The first-order chi connectivity index (χ1) is 10.0. The predicted octanol–water partition coefficient (Wildman–Crippen LogP) is -0.0573. The average molecular weight is 316 g/mol. The van der Waals surface area contributed by atoms with Crippen LogP contribution in [0, 0.1) is 0 Å². The molecule has 0 aromatic carbocycles. The average Bonchev–Trinajstić information content (AvgIpc) is 2.92. The van der Waals surface area contributed by atoms with Gasteiger partial charge in [-0.15, -0.1) is 0 Å². The number of rotatable bonds is 6. The summed E-state index contributed by atoms with van der Waals surface area (Å²) in [4.78, 5) is 8.05. The van der Waals surface area contributed by atoms with Crippen LogP contribution >= 0.6 is 0 Å². The number of nitrogens with zero attached hydrogens (tertiary/aromatic N) is 3. The largest absolute Gasteiger partial charge is 0.377 e. The number of hydrogen-bond donors (Lipinski definition) is 1. The minimum atomic E-state index is -3.64. The molecule has 1 fully saturated rings. The van der Waals surface area contributed by atoms with Crippen LogP contribution in [-0.2, 0) is 19.5 Å². The molecule has 1 aliphatic rings. The smallest absolute Gasteiger partial charge is 0.246 e. The second-order valence-electron chi connectivity index (χ2n) is 4.64. The zero-order chi connectivity index (χ0) is 15.5. The first-order valence-electron chi connectivity index (χ1n) is 6.64. The van der Waals surface area contributed by atoms with E-state index in [0.717, 1.165) is 0 Å². The maximum Gasteiger partial charge on any atom is 0.246 e. The van der Waals surface area contributed by atoms with Crippen molar-refractivity contribution in [1.29, 1.82) is 0 Å². The lowest BCUT2D eigenvalue weighted by Gasteiger charge is -2.15. The van der Waals surface area contributed by atoms with Crippen molar-refractivity contribution < 1.29 is 17.9 Å². The molecule has 0 radical (unpaired) electrons. The molecule has 2 rings (SSSR count). The molecule has 1 aromatic heterocycles. The Morgan fingerprint density at radius 1 is 1.24 bits per heavy atom. The van der Waals surface area contributed by atoms with E-state index in [0.29, 0.717) is 12.5 Å². The van der Waals surface area contributed by atoms with Gasteiger partial charge in [-0.05, 0) is 6.92 Å². The Morgan fingerprint density at radius 3 is 2.19 bits per heavy atom. The maximum absolute atomic E-state index is 12.5. The molecular weight excluding hydrogens is 296 g/mol. The highest BCUT2D eigenvalue weighted by atomic mass is 32.2. The summed E-state index contributed by atoms with van der Waals surface area (Å²) in [6, 6.07) is 0. The monoisotopic (exact) mass is 316 g/mol. The quantitative estimate of drug-likeness (QED) is 0.786. The van der Waals surface area contributed by atoms with Crippen molar-refractivity contribution in [2.45, 2.75) is 24.0 Å². The second-order valence-corrected chi connectivity index (χ2v) is 6.58. The van der Waals surface area contributed by atoms with Gasteiger partial charge in [-0.25, -0.2) is 18.4 Å². The number of ether oxygens (including phenoxy) is 2. The van der Waals surface area contributed by atoms with Crippen molar-refractivity contribution in [3.63, 3.8) is 0 Å². The van der Waals surface area contributed by atoms with Crippen molar-refractivity contribution in [3.8, 4) is 0 Å². The molecule has 1 N–H and O–H groups in total.